The van der Waals surface area contributed by atoms with Gasteiger partial charge < -0.3 is 5.11 Å². The summed E-state index contributed by atoms with van der Waals surface area (Å²) in [6, 6.07) is 0. The maximum Gasteiger partial charge on any atom is 0.0577 e. The highest BCUT2D eigenvalue weighted by molar-refractivity contribution is 5.26. The van der Waals surface area contributed by atoms with Crippen LogP contribution in [0.3, 0.4) is 0 Å². The molecule has 0 spiro atoms. The predicted octanol–water partition coefficient (Wildman–Crippen LogP) is 5.26. The zero-order valence-electron chi connectivity index (χ0n) is 14.1. The molecule has 3 rings (SSSR count). The van der Waals surface area contributed by atoms with Crippen molar-refractivity contribution in [2.75, 3.05) is 0 Å². The fraction of sp³-hybridized carbons (Fsp3) is 0.800. The Hall–Kier alpha value is -0.560. The van der Waals surface area contributed by atoms with E-state index in [0.717, 1.165) is 31.1 Å². The lowest BCUT2D eigenvalue weighted by atomic mass is 9.64. The Morgan fingerprint density at radius 2 is 1.81 bits per heavy atom. The lowest BCUT2D eigenvalue weighted by Crippen LogP contribution is -2.32. The van der Waals surface area contributed by atoms with Crippen molar-refractivity contribution in [1.29, 1.82) is 0 Å². The minimum Gasteiger partial charge on any atom is -0.393 e. The first-order chi connectivity index (χ1) is 10.0. The van der Waals surface area contributed by atoms with Gasteiger partial charge in [0.15, 0.2) is 0 Å². The average molecular weight is 288 g/mol. The zero-order chi connectivity index (χ0) is 15.0. The van der Waals surface area contributed by atoms with Gasteiger partial charge in [-0.25, -0.2) is 0 Å². The number of aliphatic hydroxyl groups is 1. The quantitative estimate of drug-likeness (QED) is 0.698. The van der Waals surface area contributed by atoms with Crippen LogP contribution in [0.25, 0.3) is 0 Å². The van der Waals surface area contributed by atoms with Crippen LogP contribution >= 0.6 is 0 Å². The summed E-state index contributed by atoms with van der Waals surface area (Å²) in [6.45, 7) is 7.31. The summed E-state index contributed by atoms with van der Waals surface area (Å²) in [7, 11) is 0. The van der Waals surface area contributed by atoms with Crippen LogP contribution in [0.2, 0.25) is 0 Å². The number of hydrogen-bond acceptors (Lipinski definition) is 1. The molecule has 3 unspecified atom stereocenters. The van der Waals surface area contributed by atoms with Crippen LogP contribution in [0.5, 0.6) is 0 Å². The Labute approximate surface area is 130 Å². The highest BCUT2D eigenvalue weighted by Gasteiger charge is 2.46. The first-order valence-electron chi connectivity index (χ1n) is 9.08. The molecule has 3 aliphatic carbocycles. The molecule has 3 fully saturated rings. The first kappa shape index (κ1) is 15.3. The fourth-order valence-corrected chi connectivity index (χ4v) is 5.15. The standard InChI is InChI=1S/C20H32O/c1-14-6-10-18(21)13-17(14)9-8-16-5-4-12-20(3)15(2)7-11-19(16)20/h8-9,14-15,18-19,21H,4-7,10-13H2,1-3H3/b16-8+,17-9-/t14?,15?,18-,19?,20-/m1/s1. The Kier molecular flexibility index (Phi) is 4.32. The van der Waals surface area contributed by atoms with Gasteiger partial charge in [-0.05, 0) is 74.5 Å². The molecule has 0 aromatic carbocycles. The molecule has 118 valence electrons. The molecule has 0 bridgehead atoms. The van der Waals surface area contributed by atoms with E-state index in [1.807, 2.05) is 0 Å². The highest BCUT2D eigenvalue weighted by atomic mass is 16.3. The van der Waals surface area contributed by atoms with Crippen molar-refractivity contribution in [3.05, 3.63) is 23.3 Å². The molecule has 0 heterocycles. The monoisotopic (exact) mass is 288 g/mol. The van der Waals surface area contributed by atoms with Gasteiger partial charge in [0.1, 0.15) is 0 Å². The van der Waals surface area contributed by atoms with Gasteiger partial charge in [-0.15, -0.1) is 0 Å². The molecular weight excluding hydrogens is 256 g/mol. The normalized spacial score (nSPS) is 47.8. The number of aliphatic hydroxyl groups excluding tert-OH is 1. The summed E-state index contributed by atoms with van der Waals surface area (Å²) in [6.07, 6.45) is 14.6. The second-order valence-corrected chi connectivity index (χ2v) is 8.21. The molecule has 1 nitrogen and oxygen atoms in total. The molecule has 0 aromatic rings. The minimum atomic E-state index is -0.103. The summed E-state index contributed by atoms with van der Waals surface area (Å²) in [5, 5.41) is 9.90. The SMILES string of the molecule is CC1CC[C@@H](O)C/C1=C/C=C1\CCC[C@]2(C)C(C)CCC12. The van der Waals surface area contributed by atoms with E-state index in [1.165, 1.54) is 37.7 Å². The fourth-order valence-electron chi connectivity index (χ4n) is 5.15. The predicted molar refractivity (Wildman–Crippen MR) is 89.0 cm³/mol. The number of rotatable bonds is 1. The zero-order valence-corrected chi connectivity index (χ0v) is 14.1. The first-order valence-corrected chi connectivity index (χ1v) is 9.08. The third-order valence-corrected chi connectivity index (χ3v) is 6.99. The summed E-state index contributed by atoms with van der Waals surface area (Å²) in [5.74, 6) is 2.36. The van der Waals surface area contributed by atoms with E-state index in [-0.39, 0.29) is 6.10 Å². The van der Waals surface area contributed by atoms with E-state index < -0.39 is 0 Å². The van der Waals surface area contributed by atoms with E-state index in [9.17, 15) is 5.11 Å². The largest absolute Gasteiger partial charge is 0.393 e. The second-order valence-electron chi connectivity index (χ2n) is 8.21. The molecule has 3 saturated carbocycles. The van der Waals surface area contributed by atoms with Crippen LogP contribution in [-0.2, 0) is 0 Å². The van der Waals surface area contributed by atoms with Crippen LogP contribution < -0.4 is 0 Å². The number of hydrogen-bond donors (Lipinski definition) is 1. The van der Waals surface area contributed by atoms with Gasteiger partial charge in [-0.1, -0.05) is 44.1 Å². The van der Waals surface area contributed by atoms with E-state index in [2.05, 4.69) is 32.9 Å². The van der Waals surface area contributed by atoms with Crippen molar-refractivity contribution in [2.45, 2.75) is 78.2 Å². The lowest BCUT2D eigenvalue weighted by Gasteiger charge is -2.41. The number of allylic oxidation sites excluding steroid dienone is 3. The molecule has 0 saturated heterocycles. The summed E-state index contributed by atoms with van der Waals surface area (Å²) in [5.41, 5.74) is 3.73. The van der Waals surface area contributed by atoms with Gasteiger partial charge in [0, 0.05) is 0 Å². The van der Waals surface area contributed by atoms with Crippen molar-refractivity contribution >= 4 is 0 Å². The third kappa shape index (κ3) is 2.86. The van der Waals surface area contributed by atoms with Crippen molar-refractivity contribution in [1.82, 2.24) is 0 Å². The maximum atomic E-state index is 9.90. The second kappa shape index (κ2) is 5.91. The molecule has 1 N–H and O–H groups in total. The topological polar surface area (TPSA) is 20.2 Å². The van der Waals surface area contributed by atoms with Crippen LogP contribution in [0.4, 0.5) is 0 Å². The van der Waals surface area contributed by atoms with Gasteiger partial charge in [0.05, 0.1) is 6.10 Å². The Bertz CT molecular complexity index is 447. The summed E-state index contributed by atoms with van der Waals surface area (Å²) in [4.78, 5) is 0. The summed E-state index contributed by atoms with van der Waals surface area (Å²) < 4.78 is 0. The van der Waals surface area contributed by atoms with Crippen molar-refractivity contribution in [3.63, 3.8) is 0 Å². The molecule has 0 amide bonds. The summed E-state index contributed by atoms with van der Waals surface area (Å²) >= 11 is 0. The van der Waals surface area contributed by atoms with Crippen molar-refractivity contribution in [3.8, 4) is 0 Å². The average Bonchev–Trinajstić information content (AvgIpc) is 2.76. The van der Waals surface area contributed by atoms with Crippen LogP contribution in [-0.4, -0.2) is 11.2 Å². The molecule has 5 atom stereocenters. The Morgan fingerprint density at radius 3 is 2.62 bits per heavy atom. The number of fused-ring (bicyclic) bond motifs is 1. The maximum absolute atomic E-state index is 9.90. The molecule has 3 aliphatic rings. The van der Waals surface area contributed by atoms with Crippen LogP contribution in [0, 0.1) is 23.2 Å². The molecule has 0 aromatic heterocycles. The molecule has 1 heteroatoms. The van der Waals surface area contributed by atoms with Crippen LogP contribution in [0.1, 0.15) is 72.1 Å². The molecular formula is C20H32O. The minimum absolute atomic E-state index is 0.103. The van der Waals surface area contributed by atoms with E-state index >= 15 is 0 Å². The Balaban J connectivity index is 1.79. The van der Waals surface area contributed by atoms with Gasteiger partial charge in [0.25, 0.3) is 0 Å². The van der Waals surface area contributed by atoms with Crippen molar-refractivity contribution in [2.24, 2.45) is 23.2 Å². The van der Waals surface area contributed by atoms with E-state index in [0.29, 0.717) is 11.3 Å². The van der Waals surface area contributed by atoms with Crippen LogP contribution in [0.15, 0.2) is 23.3 Å². The lowest BCUT2D eigenvalue weighted by molar-refractivity contribution is 0.138. The van der Waals surface area contributed by atoms with E-state index in [4.69, 9.17) is 0 Å². The third-order valence-electron chi connectivity index (χ3n) is 6.99. The Morgan fingerprint density at radius 1 is 1.05 bits per heavy atom. The van der Waals surface area contributed by atoms with E-state index in [1.54, 1.807) is 5.57 Å². The smallest absolute Gasteiger partial charge is 0.0577 e. The highest BCUT2D eigenvalue weighted by Crippen LogP contribution is 2.57. The molecule has 0 radical (unpaired) electrons. The van der Waals surface area contributed by atoms with Gasteiger partial charge >= 0.3 is 0 Å². The van der Waals surface area contributed by atoms with Gasteiger partial charge in [0.2, 0.25) is 0 Å². The van der Waals surface area contributed by atoms with Gasteiger partial charge in [-0.2, -0.15) is 0 Å². The van der Waals surface area contributed by atoms with Gasteiger partial charge in [-0.3, -0.25) is 0 Å². The molecule has 0 aliphatic heterocycles. The van der Waals surface area contributed by atoms with Crippen molar-refractivity contribution < 1.29 is 5.11 Å². The molecule has 21 heavy (non-hydrogen) atoms.